The van der Waals surface area contributed by atoms with Crippen LogP contribution in [0.3, 0.4) is 0 Å². The molecule has 0 radical (unpaired) electrons. The van der Waals surface area contributed by atoms with Gasteiger partial charge in [0.15, 0.2) is 0 Å². The average molecular weight is 541 g/mol. The molecule has 1 saturated heterocycles. The van der Waals surface area contributed by atoms with Gasteiger partial charge in [0.2, 0.25) is 5.91 Å². The number of nitrogens with zero attached hydrogens (tertiary/aromatic N) is 1. The zero-order valence-corrected chi connectivity index (χ0v) is 20.4. The van der Waals surface area contributed by atoms with Crippen molar-refractivity contribution in [1.82, 2.24) is 4.90 Å². The number of halogens is 4. The normalized spacial score (nSPS) is 14.9. The van der Waals surface area contributed by atoms with Crippen molar-refractivity contribution in [3.63, 3.8) is 0 Å². The van der Waals surface area contributed by atoms with Crippen molar-refractivity contribution in [2.24, 2.45) is 0 Å². The van der Waals surface area contributed by atoms with Crippen LogP contribution in [0.1, 0.15) is 41.3 Å². The Balaban J connectivity index is 1.65. The van der Waals surface area contributed by atoms with Gasteiger partial charge in [0.05, 0.1) is 27.7 Å². The molecule has 190 valence electrons. The molecule has 2 aromatic rings. The third-order valence-corrected chi connectivity index (χ3v) is 6.15. The van der Waals surface area contributed by atoms with E-state index in [4.69, 9.17) is 16.3 Å². The smallest absolute Gasteiger partial charge is 0.416 e. The van der Waals surface area contributed by atoms with Gasteiger partial charge >= 0.3 is 12.1 Å². The largest absolute Gasteiger partial charge is 0.462 e. The molecular formula is C24H20ClF3N2O5S. The molecule has 36 heavy (non-hydrogen) atoms. The van der Waals surface area contributed by atoms with Gasteiger partial charge in [0, 0.05) is 5.69 Å². The number of hydrogen-bond acceptors (Lipinski definition) is 6. The van der Waals surface area contributed by atoms with E-state index >= 15 is 0 Å². The highest BCUT2D eigenvalue weighted by atomic mass is 35.5. The summed E-state index contributed by atoms with van der Waals surface area (Å²) >= 11 is 6.62. The molecule has 3 rings (SSSR count). The van der Waals surface area contributed by atoms with E-state index in [-0.39, 0.29) is 33.3 Å². The summed E-state index contributed by atoms with van der Waals surface area (Å²) < 4.78 is 43.3. The second-order valence-corrected chi connectivity index (χ2v) is 9.02. The van der Waals surface area contributed by atoms with Gasteiger partial charge in [-0.05, 0) is 60.2 Å². The van der Waals surface area contributed by atoms with Crippen molar-refractivity contribution in [2.45, 2.75) is 25.9 Å². The number of unbranched alkanes of at least 4 members (excludes halogenated alkanes) is 1. The van der Waals surface area contributed by atoms with Gasteiger partial charge in [-0.25, -0.2) is 4.79 Å². The second kappa shape index (κ2) is 11.6. The highest BCUT2D eigenvalue weighted by Gasteiger charge is 2.36. The Morgan fingerprint density at radius 2 is 1.83 bits per heavy atom. The molecule has 7 nitrogen and oxygen atoms in total. The maximum Gasteiger partial charge on any atom is 0.416 e. The van der Waals surface area contributed by atoms with Crippen LogP contribution in [0, 0.1) is 0 Å². The maximum absolute atomic E-state index is 12.7. The Labute approximate surface area is 213 Å². The monoisotopic (exact) mass is 540 g/mol. The third kappa shape index (κ3) is 6.88. The van der Waals surface area contributed by atoms with E-state index < -0.39 is 41.3 Å². The Bertz CT molecular complexity index is 1220. The lowest BCUT2D eigenvalue weighted by atomic mass is 10.1. The lowest BCUT2D eigenvalue weighted by Crippen LogP contribution is -2.36. The van der Waals surface area contributed by atoms with Crippen molar-refractivity contribution in [2.75, 3.05) is 18.5 Å². The molecule has 1 heterocycles. The highest BCUT2D eigenvalue weighted by Crippen LogP contribution is 2.33. The van der Waals surface area contributed by atoms with E-state index in [9.17, 15) is 32.3 Å². The maximum atomic E-state index is 12.7. The zero-order chi connectivity index (χ0) is 26.5. The lowest BCUT2D eigenvalue weighted by Gasteiger charge is -2.13. The van der Waals surface area contributed by atoms with E-state index in [0.29, 0.717) is 23.1 Å². The van der Waals surface area contributed by atoms with Crippen LogP contribution >= 0.6 is 23.4 Å². The highest BCUT2D eigenvalue weighted by molar-refractivity contribution is 8.18. The summed E-state index contributed by atoms with van der Waals surface area (Å²) in [4.78, 5) is 50.3. The van der Waals surface area contributed by atoms with Crippen LogP contribution in [0.25, 0.3) is 6.08 Å². The Kier molecular flexibility index (Phi) is 8.80. The summed E-state index contributed by atoms with van der Waals surface area (Å²) in [7, 11) is 0. The molecule has 0 spiro atoms. The quantitative estimate of drug-likeness (QED) is 0.251. The molecule has 0 aliphatic carbocycles. The number of thioether (sulfide) groups is 1. The van der Waals surface area contributed by atoms with Crippen molar-refractivity contribution in [1.29, 1.82) is 0 Å². The molecule has 0 bridgehead atoms. The van der Waals surface area contributed by atoms with Crippen molar-refractivity contribution in [3.8, 4) is 0 Å². The van der Waals surface area contributed by atoms with Crippen LogP contribution in [-0.2, 0) is 20.5 Å². The molecule has 0 atom stereocenters. The van der Waals surface area contributed by atoms with Crippen LogP contribution in [0.4, 0.5) is 23.7 Å². The standard InChI is InChI=1S/C24H20ClF3N2O5S/c1-2-3-10-35-22(33)17-12-16(8-9-18(17)25)29-20(31)13-30-21(32)19(36-23(30)34)11-14-4-6-15(7-5-14)24(26,27)28/h4-9,11-12H,2-3,10,13H2,1H3,(H,29,31)/b19-11-. The Morgan fingerprint density at radius 1 is 1.14 bits per heavy atom. The first-order valence-corrected chi connectivity index (χ1v) is 11.9. The molecule has 0 unspecified atom stereocenters. The summed E-state index contributed by atoms with van der Waals surface area (Å²) in [6.07, 6.45) is -1.70. The van der Waals surface area contributed by atoms with Crippen LogP contribution < -0.4 is 5.32 Å². The molecule has 1 aliphatic heterocycles. The number of nitrogens with one attached hydrogen (secondary N) is 1. The van der Waals surface area contributed by atoms with E-state index in [0.717, 1.165) is 18.6 Å². The molecule has 1 N–H and O–H groups in total. The van der Waals surface area contributed by atoms with Crippen LogP contribution in [0.15, 0.2) is 47.4 Å². The minimum atomic E-state index is -4.50. The Morgan fingerprint density at radius 3 is 2.47 bits per heavy atom. The van der Waals surface area contributed by atoms with E-state index in [1.165, 1.54) is 36.4 Å². The summed E-state index contributed by atoms with van der Waals surface area (Å²) in [5.74, 6) is -2.11. The topological polar surface area (TPSA) is 92.8 Å². The van der Waals surface area contributed by atoms with Crippen molar-refractivity contribution in [3.05, 3.63) is 69.1 Å². The van der Waals surface area contributed by atoms with Gasteiger partial charge in [0.1, 0.15) is 6.54 Å². The number of amides is 3. The SMILES string of the molecule is CCCCOC(=O)c1cc(NC(=O)CN2C(=O)S/C(=C\c3ccc(C(F)(F)F)cc3)C2=O)ccc1Cl. The van der Waals surface area contributed by atoms with Gasteiger partial charge in [0.25, 0.3) is 11.1 Å². The van der Waals surface area contributed by atoms with Gasteiger partial charge in [-0.2, -0.15) is 13.2 Å². The number of hydrogen-bond donors (Lipinski definition) is 1. The summed E-state index contributed by atoms with van der Waals surface area (Å²) in [6.45, 7) is 1.56. The van der Waals surface area contributed by atoms with Crippen LogP contribution in [-0.4, -0.2) is 41.1 Å². The molecule has 12 heteroatoms. The fraction of sp³-hybridized carbons (Fsp3) is 0.250. The molecular weight excluding hydrogens is 521 g/mol. The van der Waals surface area contributed by atoms with E-state index in [1.54, 1.807) is 0 Å². The van der Waals surface area contributed by atoms with Gasteiger partial charge < -0.3 is 10.1 Å². The fourth-order valence-electron chi connectivity index (χ4n) is 3.05. The number of carbonyl (C=O) groups is 4. The summed E-state index contributed by atoms with van der Waals surface area (Å²) in [6, 6.07) is 8.26. The number of imide groups is 1. The minimum absolute atomic E-state index is 0.0313. The zero-order valence-electron chi connectivity index (χ0n) is 18.9. The number of benzene rings is 2. The molecule has 0 aromatic heterocycles. The predicted octanol–water partition coefficient (Wildman–Crippen LogP) is 5.99. The molecule has 1 fully saturated rings. The number of alkyl halides is 3. The minimum Gasteiger partial charge on any atom is -0.462 e. The molecule has 2 aromatic carbocycles. The molecule has 3 amide bonds. The first-order chi connectivity index (χ1) is 17.0. The lowest BCUT2D eigenvalue weighted by molar-refractivity contribution is -0.137. The van der Waals surface area contributed by atoms with E-state index in [2.05, 4.69) is 5.32 Å². The van der Waals surface area contributed by atoms with Crippen LogP contribution in [0.2, 0.25) is 5.02 Å². The number of rotatable bonds is 8. The van der Waals surface area contributed by atoms with Crippen LogP contribution in [0.5, 0.6) is 0 Å². The van der Waals surface area contributed by atoms with Gasteiger partial charge in [-0.15, -0.1) is 0 Å². The Hall–Kier alpha value is -3.31. The summed E-state index contributed by atoms with van der Waals surface area (Å²) in [5.41, 5.74) is -0.295. The summed E-state index contributed by atoms with van der Waals surface area (Å²) in [5, 5.41) is 1.93. The fourth-order valence-corrected chi connectivity index (χ4v) is 4.08. The number of esters is 1. The van der Waals surface area contributed by atoms with Crippen molar-refractivity contribution >= 4 is 58.1 Å². The van der Waals surface area contributed by atoms with Crippen molar-refractivity contribution < 1.29 is 37.1 Å². The average Bonchev–Trinajstić information content (AvgIpc) is 3.07. The number of ether oxygens (including phenoxy) is 1. The van der Waals surface area contributed by atoms with Gasteiger partial charge in [-0.1, -0.05) is 37.1 Å². The second-order valence-electron chi connectivity index (χ2n) is 7.62. The molecule has 1 aliphatic rings. The molecule has 0 saturated carbocycles. The first-order valence-electron chi connectivity index (χ1n) is 10.7. The predicted molar refractivity (Wildman–Crippen MR) is 129 cm³/mol. The third-order valence-electron chi connectivity index (χ3n) is 4.91. The van der Waals surface area contributed by atoms with Gasteiger partial charge in [-0.3, -0.25) is 19.3 Å². The number of anilines is 1. The first kappa shape index (κ1) is 27.3. The van der Waals surface area contributed by atoms with E-state index in [1.807, 2.05) is 6.92 Å². The number of carbonyl (C=O) groups excluding carboxylic acids is 4.